The summed E-state index contributed by atoms with van der Waals surface area (Å²) in [5.74, 6) is 0. The molecular weight excluding hydrogens is 268 g/mol. The fourth-order valence-electron chi connectivity index (χ4n) is 2.27. The molecule has 0 aliphatic rings. The summed E-state index contributed by atoms with van der Waals surface area (Å²) < 4.78 is 0. The largest absolute Gasteiger partial charge is 0.306 e. The lowest BCUT2D eigenvalue weighted by atomic mass is 9.95. The van der Waals surface area contributed by atoms with E-state index in [-0.39, 0.29) is 6.04 Å². The Balaban J connectivity index is 2.41. The van der Waals surface area contributed by atoms with E-state index in [1.54, 1.807) is 0 Å². The molecule has 1 N–H and O–H groups in total. The van der Waals surface area contributed by atoms with Crippen LogP contribution in [-0.4, -0.2) is 11.5 Å². The Kier molecular flexibility index (Phi) is 5.16. The van der Waals surface area contributed by atoms with Crippen molar-refractivity contribution in [1.82, 2.24) is 10.3 Å². The normalized spacial score (nSPS) is 12.4. The van der Waals surface area contributed by atoms with E-state index in [2.05, 4.69) is 42.3 Å². The second kappa shape index (κ2) is 6.87. The monoisotopic (exact) mass is 288 g/mol. The van der Waals surface area contributed by atoms with E-state index in [4.69, 9.17) is 11.6 Å². The third-order valence-electron chi connectivity index (χ3n) is 3.42. The Hall–Kier alpha value is -1.38. The zero-order valence-electron chi connectivity index (χ0n) is 12.3. The van der Waals surface area contributed by atoms with Gasteiger partial charge >= 0.3 is 0 Å². The molecule has 106 valence electrons. The van der Waals surface area contributed by atoms with Gasteiger partial charge in [0.2, 0.25) is 0 Å². The molecule has 0 saturated heterocycles. The average molecular weight is 289 g/mol. The minimum atomic E-state index is 0.141. The van der Waals surface area contributed by atoms with E-state index in [0.717, 1.165) is 23.7 Å². The Bertz CT molecular complexity index is 564. The van der Waals surface area contributed by atoms with Crippen molar-refractivity contribution < 1.29 is 0 Å². The fraction of sp³-hybridized carbons (Fsp3) is 0.353. The first kappa shape index (κ1) is 15.0. The minimum absolute atomic E-state index is 0.141. The van der Waals surface area contributed by atoms with Crippen molar-refractivity contribution in [3.8, 4) is 0 Å². The zero-order valence-corrected chi connectivity index (χ0v) is 13.0. The molecular formula is C17H21ClN2. The second-order valence-corrected chi connectivity index (χ2v) is 5.56. The van der Waals surface area contributed by atoms with Gasteiger partial charge in [0, 0.05) is 16.9 Å². The number of aryl methyl sites for hydroxylation is 2. The van der Waals surface area contributed by atoms with Crippen LogP contribution in [0.4, 0.5) is 0 Å². The van der Waals surface area contributed by atoms with E-state index in [0.29, 0.717) is 0 Å². The van der Waals surface area contributed by atoms with E-state index in [1.165, 1.54) is 16.7 Å². The van der Waals surface area contributed by atoms with Crippen LogP contribution in [0.5, 0.6) is 0 Å². The van der Waals surface area contributed by atoms with Gasteiger partial charge in [-0.1, -0.05) is 30.7 Å². The molecule has 0 radical (unpaired) electrons. The lowest BCUT2D eigenvalue weighted by Gasteiger charge is -2.21. The van der Waals surface area contributed by atoms with Gasteiger partial charge in [-0.15, -0.1) is 0 Å². The van der Waals surface area contributed by atoms with E-state index in [9.17, 15) is 0 Å². The third-order valence-corrected chi connectivity index (χ3v) is 3.65. The Morgan fingerprint density at radius 3 is 2.65 bits per heavy atom. The number of nitrogens with zero attached hydrogens (tertiary/aromatic N) is 1. The van der Waals surface area contributed by atoms with Crippen LogP contribution in [0.1, 0.15) is 41.8 Å². The molecule has 0 aliphatic heterocycles. The van der Waals surface area contributed by atoms with Crippen molar-refractivity contribution >= 4 is 11.6 Å². The highest BCUT2D eigenvalue weighted by Gasteiger charge is 2.16. The van der Waals surface area contributed by atoms with Crippen molar-refractivity contribution in [2.45, 2.75) is 33.2 Å². The van der Waals surface area contributed by atoms with Gasteiger partial charge in [0.15, 0.2) is 0 Å². The molecule has 0 amide bonds. The maximum atomic E-state index is 6.16. The Morgan fingerprint density at radius 1 is 1.20 bits per heavy atom. The predicted octanol–water partition coefficient (Wildman–Crippen LogP) is 4.44. The van der Waals surface area contributed by atoms with Gasteiger partial charge in [-0.05, 0) is 61.7 Å². The number of benzene rings is 1. The molecule has 2 nitrogen and oxygen atoms in total. The maximum Gasteiger partial charge on any atom is 0.0595 e. The lowest BCUT2D eigenvalue weighted by Crippen LogP contribution is -2.24. The molecule has 2 rings (SSSR count). The zero-order chi connectivity index (χ0) is 14.5. The van der Waals surface area contributed by atoms with Crippen molar-refractivity contribution in [1.29, 1.82) is 0 Å². The number of nitrogens with one attached hydrogen (secondary N) is 1. The molecule has 1 heterocycles. The lowest BCUT2D eigenvalue weighted by molar-refractivity contribution is 0.594. The minimum Gasteiger partial charge on any atom is -0.306 e. The summed E-state index contributed by atoms with van der Waals surface area (Å²) in [6.45, 7) is 7.25. The van der Waals surface area contributed by atoms with E-state index >= 15 is 0 Å². The Morgan fingerprint density at radius 2 is 2.00 bits per heavy atom. The summed E-state index contributed by atoms with van der Waals surface area (Å²) in [5.41, 5.74) is 4.67. The van der Waals surface area contributed by atoms with Gasteiger partial charge in [-0.2, -0.15) is 0 Å². The molecule has 1 aromatic carbocycles. The molecule has 0 saturated carbocycles. The maximum absolute atomic E-state index is 6.16. The number of aromatic nitrogens is 1. The molecule has 3 heteroatoms. The first-order chi connectivity index (χ1) is 9.61. The van der Waals surface area contributed by atoms with Gasteiger partial charge < -0.3 is 5.32 Å². The molecule has 0 bridgehead atoms. The number of halogens is 1. The van der Waals surface area contributed by atoms with Crippen molar-refractivity contribution in [2.75, 3.05) is 6.54 Å². The summed E-state index contributed by atoms with van der Waals surface area (Å²) in [6, 6.07) is 10.4. The van der Waals surface area contributed by atoms with E-state index in [1.807, 2.05) is 25.3 Å². The highest BCUT2D eigenvalue weighted by molar-refractivity contribution is 6.30. The number of pyridine rings is 1. The van der Waals surface area contributed by atoms with Crippen LogP contribution >= 0.6 is 11.6 Å². The summed E-state index contributed by atoms with van der Waals surface area (Å²) >= 11 is 6.16. The third kappa shape index (κ3) is 3.59. The molecule has 0 fully saturated rings. The SMILES string of the molecule is CCCNC(c1ccc(C)nc1)c1cc(Cl)ccc1C. The molecule has 0 spiro atoms. The highest BCUT2D eigenvalue weighted by Crippen LogP contribution is 2.27. The van der Waals surface area contributed by atoms with Gasteiger partial charge in [0.05, 0.1) is 6.04 Å². The van der Waals surface area contributed by atoms with Gasteiger partial charge in [0.1, 0.15) is 0 Å². The Labute approximate surface area is 126 Å². The summed E-state index contributed by atoms with van der Waals surface area (Å²) in [4.78, 5) is 4.41. The van der Waals surface area contributed by atoms with Crippen molar-refractivity contribution in [3.05, 3.63) is 63.9 Å². The number of rotatable bonds is 5. The van der Waals surface area contributed by atoms with Gasteiger partial charge in [0.25, 0.3) is 0 Å². The van der Waals surface area contributed by atoms with Crippen LogP contribution < -0.4 is 5.32 Å². The molecule has 1 aromatic heterocycles. The standard InChI is InChI=1S/C17H21ClN2/c1-4-9-19-17(14-7-6-13(3)20-11-14)16-10-15(18)8-5-12(16)2/h5-8,10-11,17,19H,4,9H2,1-3H3. The second-order valence-electron chi connectivity index (χ2n) is 5.12. The highest BCUT2D eigenvalue weighted by atomic mass is 35.5. The molecule has 1 atom stereocenters. The first-order valence-electron chi connectivity index (χ1n) is 7.03. The molecule has 1 unspecified atom stereocenters. The van der Waals surface area contributed by atoms with Crippen LogP contribution in [0.3, 0.4) is 0 Å². The summed E-state index contributed by atoms with van der Waals surface area (Å²) in [5, 5.41) is 4.36. The van der Waals surface area contributed by atoms with Crippen LogP contribution in [-0.2, 0) is 0 Å². The van der Waals surface area contributed by atoms with Crippen LogP contribution in [0.15, 0.2) is 36.5 Å². The topological polar surface area (TPSA) is 24.9 Å². The summed E-state index contributed by atoms with van der Waals surface area (Å²) in [6.07, 6.45) is 3.04. The van der Waals surface area contributed by atoms with Gasteiger partial charge in [-0.3, -0.25) is 4.98 Å². The van der Waals surface area contributed by atoms with Gasteiger partial charge in [-0.25, -0.2) is 0 Å². The molecule has 2 aromatic rings. The van der Waals surface area contributed by atoms with Crippen LogP contribution in [0.25, 0.3) is 0 Å². The first-order valence-corrected chi connectivity index (χ1v) is 7.41. The summed E-state index contributed by atoms with van der Waals surface area (Å²) in [7, 11) is 0. The molecule has 0 aliphatic carbocycles. The molecule has 20 heavy (non-hydrogen) atoms. The fourth-order valence-corrected chi connectivity index (χ4v) is 2.45. The number of hydrogen-bond acceptors (Lipinski definition) is 2. The quantitative estimate of drug-likeness (QED) is 0.880. The van der Waals surface area contributed by atoms with Crippen LogP contribution in [0.2, 0.25) is 5.02 Å². The van der Waals surface area contributed by atoms with Crippen molar-refractivity contribution in [2.24, 2.45) is 0 Å². The smallest absolute Gasteiger partial charge is 0.0595 e. The average Bonchev–Trinajstić information content (AvgIpc) is 2.44. The predicted molar refractivity (Wildman–Crippen MR) is 85.3 cm³/mol. The van der Waals surface area contributed by atoms with Crippen LogP contribution in [0, 0.1) is 13.8 Å². The van der Waals surface area contributed by atoms with Crippen molar-refractivity contribution in [3.63, 3.8) is 0 Å². The van der Waals surface area contributed by atoms with E-state index < -0.39 is 0 Å². The number of hydrogen-bond donors (Lipinski definition) is 1.